The molecule has 2 heteroatoms. The number of hydrogen-bond donors (Lipinski definition) is 1. The minimum atomic E-state index is 0.0983. The second-order valence-corrected chi connectivity index (χ2v) is 3.27. The highest BCUT2D eigenvalue weighted by atomic mass is 35.5. The van der Waals surface area contributed by atoms with Crippen molar-refractivity contribution in [1.29, 1.82) is 0 Å². The number of halogens is 1. The molecule has 0 saturated carbocycles. The van der Waals surface area contributed by atoms with Crippen LogP contribution in [-0.4, -0.2) is 13.1 Å². The van der Waals surface area contributed by atoms with Crippen LogP contribution in [0.25, 0.3) is 0 Å². The quantitative estimate of drug-likeness (QED) is 0.726. The molecule has 0 heterocycles. The molecule has 0 saturated heterocycles. The normalized spacial score (nSPS) is 12.1. The first-order valence-corrected chi connectivity index (χ1v) is 4.52. The molecule has 13 heavy (non-hydrogen) atoms. The van der Waals surface area contributed by atoms with Gasteiger partial charge in [0.25, 0.3) is 0 Å². The highest BCUT2D eigenvalue weighted by Gasteiger charge is 2.02. The number of terminal acetylenes is 1. The van der Waals surface area contributed by atoms with Gasteiger partial charge >= 0.3 is 0 Å². The Hall–Kier alpha value is -0.970. The number of likely N-dealkylation sites (N-methyl/N-ethyl adjacent to an activating group) is 1. The summed E-state index contributed by atoms with van der Waals surface area (Å²) in [6.45, 7) is 0. The van der Waals surface area contributed by atoms with Crippen molar-refractivity contribution in [1.82, 2.24) is 5.32 Å². The van der Waals surface area contributed by atoms with Crippen LogP contribution in [0.3, 0.4) is 0 Å². The molecule has 1 atom stereocenters. The third-order valence-corrected chi connectivity index (χ3v) is 2.15. The molecule has 0 radical (unpaired) electrons. The zero-order valence-electron chi connectivity index (χ0n) is 7.55. The summed E-state index contributed by atoms with van der Waals surface area (Å²) in [4.78, 5) is 0. The monoisotopic (exact) mass is 193 g/mol. The molecule has 1 aromatic rings. The fourth-order valence-electron chi connectivity index (χ4n) is 1.10. The lowest BCUT2D eigenvalue weighted by atomic mass is 10.1. The fourth-order valence-corrected chi connectivity index (χ4v) is 1.23. The van der Waals surface area contributed by atoms with Gasteiger partial charge in [-0.25, -0.2) is 0 Å². The SMILES string of the molecule is C#CC(Cc1ccc(Cl)cc1)NC. The van der Waals surface area contributed by atoms with E-state index in [0.717, 1.165) is 11.4 Å². The lowest BCUT2D eigenvalue weighted by Gasteiger charge is -2.08. The van der Waals surface area contributed by atoms with Crippen LogP contribution in [0.2, 0.25) is 5.02 Å². The molecule has 0 amide bonds. The van der Waals surface area contributed by atoms with Gasteiger partial charge in [-0.1, -0.05) is 29.7 Å². The Morgan fingerprint density at radius 3 is 2.54 bits per heavy atom. The van der Waals surface area contributed by atoms with E-state index >= 15 is 0 Å². The maximum absolute atomic E-state index is 5.76. The van der Waals surface area contributed by atoms with Crippen LogP contribution < -0.4 is 5.32 Å². The van der Waals surface area contributed by atoms with Crippen LogP contribution in [0.15, 0.2) is 24.3 Å². The topological polar surface area (TPSA) is 12.0 Å². The lowest BCUT2D eigenvalue weighted by Crippen LogP contribution is -2.25. The van der Waals surface area contributed by atoms with Crippen molar-refractivity contribution in [3.05, 3.63) is 34.9 Å². The third kappa shape index (κ3) is 3.10. The van der Waals surface area contributed by atoms with E-state index in [0.29, 0.717) is 0 Å². The molecule has 0 aliphatic heterocycles. The van der Waals surface area contributed by atoms with Gasteiger partial charge in [0.15, 0.2) is 0 Å². The standard InChI is InChI=1S/C11H12ClN/c1-3-11(13-2)8-9-4-6-10(12)7-5-9/h1,4-7,11,13H,8H2,2H3. The Balaban J connectivity index is 2.64. The van der Waals surface area contributed by atoms with Gasteiger partial charge in [0.05, 0.1) is 6.04 Å². The molecular weight excluding hydrogens is 182 g/mol. The predicted octanol–water partition coefficient (Wildman–Crippen LogP) is 2.10. The van der Waals surface area contributed by atoms with Crippen molar-refractivity contribution >= 4 is 11.6 Å². The number of benzene rings is 1. The molecule has 0 aliphatic rings. The van der Waals surface area contributed by atoms with Crippen molar-refractivity contribution < 1.29 is 0 Å². The van der Waals surface area contributed by atoms with E-state index < -0.39 is 0 Å². The van der Waals surface area contributed by atoms with Gasteiger partial charge in [-0.15, -0.1) is 6.42 Å². The summed E-state index contributed by atoms with van der Waals surface area (Å²) in [5.41, 5.74) is 1.20. The van der Waals surface area contributed by atoms with E-state index in [1.165, 1.54) is 5.56 Å². The maximum atomic E-state index is 5.76. The molecule has 1 nitrogen and oxygen atoms in total. The van der Waals surface area contributed by atoms with Crippen LogP contribution in [-0.2, 0) is 6.42 Å². The average molecular weight is 194 g/mol. The molecule has 0 bridgehead atoms. The van der Waals surface area contributed by atoms with Crippen molar-refractivity contribution in [3.63, 3.8) is 0 Å². The molecular formula is C11H12ClN. The Morgan fingerprint density at radius 2 is 2.08 bits per heavy atom. The predicted molar refractivity (Wildman–Crippen MR) is 56.8 cm³/mol. The molecule has 1 aromatic carbocycles. The summed E-state index contributed by atoms with van der Waals surface area (Å²) < 4.78 is 0. The van der Waals surface area contributed by atoms with Crippen molar-refractivity contribution in [3.8, 4) is 12.3 Å². The van der Waals surface area contributed by atoms with Gasteiger partial charge in [0.1, 0.15) is 0 Å². The first kappa shape index (κ1) is 10.1. The van der Waals surface area contributed by atoms with Crippen LogP contribution in [0, 0.1) is 12.3 Å². The van der Waals surface area contributed by atoms with Gasteiger partial charge in [0, 0.05) is 5.02 Å². The summed E-state index contributed by atoms with van der Waals surface area (Å²) in [6, 6.07) is 7.83. The Bertz CT molecular complexity index is 297. The summed E-state index contributed by atoms with van der Waals surface area (Å²) in [5.74, 6) is 2.67. The molecule has 0 fully saturated rings. The second kappa shape index (κ2) is 4.91. The second-order valence-electron chi connectivity index (χ2n) is 2.84. The number of nitrogens with one attached hydrogen (secondary N) is 1. The summed E-state index contributed by atoms with van der Waals surface area (Å²) in [7, 11) is 1.86. The summed E-state index contributed by atoms with van der Waals surface area (Å²) in [6.07, 6.45) is 6.16. The average Bonchev–Trinajstić information content (AvgIpc) is 2.17. The van der Waals surface area contributed by atoms with Crippen molar-refractivity contribution in [2.75, 3.05) is 7.05 Å². The van der Waals surface area contributed by atoms with Gasteiger partial charge in [-0.3, -0.25) is 0 Å². The van der Waals surface area contributed by atoms with Crippen LogP contribution in [0.5, 0.6) is 0 Å². The van der Waals surface area contributed by atoms with E-state index in [1.54, 1.807) is 0 Å². The minimum Gasteiger partial charge on any atom is -0.306 e. The summed E-state index contributed by atoms with van der Waals surface area (Å²) >= 11 is 5.76. The molecule has 0 spiro atoms. The number of hydrogen-bond acceptors (Lipinski definition) is 1. The first-order valence-electron chi connectivity index (χ1n) is 4.14. The molecule has 1 unspecified atom stereocenters. The fraction of sp³-hybridized carbons (Fsp3) is 0.273. The van der Waals surface area contributed by atoms with Crippen LogP contribution in [0.1, 0.15) is 5.56 Å². The van der Waals surface area contributed by atoms with Crippen molar-refractivity contribution in [2.24, 2.45) is 0 Å². The molecule has 0 aliphatic carbocycles. The summed E-state index contributed by atoms with van der Waals surface area (Å²) in [5, 5.41) is 3.80. The highest BCUT2D eigenvalue weighted by Crippen LogP contribution is 2.10. The third-order valence-electron chi connectivity index (χ3n) is 1.90. The van der Waals surface area contributed by atoms with E-state index in [2.05, 4.69) is 11.2 Å². The largest absolute Gasteiger partial charge is 0.306 e. The zero-order chi connectivity index (χ0) is 9.68. The van der Waals surface area contributed by atoms with E-state index in [1.807, 2.05) is 31.3 Å². The lowest BCUT2D eigenvalue weighted by molar-refractivity contribution is 0.683. The van der Waals surface area contributed by atoms with Gasteiger partial charge in [0.2, 0.25) is 0 Å². The van der Waals surface area contributed by atoms with E-state index in [9.17, 15) is 0 Å². The zero-order valence-corrected chi connectivity index (χ0v) is 8.31. The maximum Gasteiger partial charge on any atom is 0.0725 e. The number of rotatable bonds is 3. The van der Waals surface area contributed by atoms with Crippen LogP contribution in [0.4, 0.5) is 0 Å². The van der Waals surface area contributed by atoms with Crippen LogP contribution >= 0.6 is 11.6 Å². The van der Waals surface area contributed by atoms with Gasteiger partial charge in [-0.2, -0.15) is 0 Å². The minimum absolute atomic E-state index is 0.0983. The molecule has 0 aromatic heterocycles. The molecule has 1 N–H and O–H groups in total. The van der Waals surface area contributed by atoms with E-state index in [4.69, 9.17) is 18.0 Å². The van der Waals surface area contributed by atoms with Crippen molar-refractivity contribution in [2.45, 2.75) is 12.5 Å². The highest BCUT2D eigenvalue weighted by molar-refractivity contribution is 6.30. The van der Waals surface area contributed by atoms with Gasteiger partial charge in [-0.05, 0) is 31.2 Å². The molecule has 1 rings (SSSR count). The Kier molecular flexibility index (Phi) is 3.82. The Morgan fingerprint density at radius 1 is 1.46 bits per heavy atom. The first-order chi connectivity index (χ1) is 6.26. The van der Waals surface area contributed by atoms with E-state index in [-0.39, 0.29) is 6.04 Å². The Labute approximate surface area is 84.1 Å². The smallest absolute Gasteiger partial charge is 0.0725 e. The molecule has 68 valence electrons. The van der Waals surface area contributed by atoms with Gasteiger partial charge < -0.3 is 5.32 Å².